The molecule has 0 aliphatic carbocycles. The molecule has 12 aromatic carbocycles. The normalized spacial score (nSPS) is 10.7. The van der Waals surface area contributed by atoms with E-state index in [0.29, 0.717) is 74.2 Å². The van der Waals surface area contributed by atoms with Crippen molar-refractivity contribution in [2.45, 2.75) is 84.9 Å². The fourth-order valence-electron chi connectivity index (χ4n) is 12.5. The van der Waals surface area contributed by atoms with Crippen LogP contribution in [-0.2, 0) is 28.8 Å². The number of rotatable bonds is 40. The van der Waals surface area contributed by atoms with Crippen LogP contribution < -0.4 is 31.9 Å². The third kappa shape index (κ3) is 42.5. The predicted octanol–water partition coefficient (Wildman–Crippen LogP) is 27.6. The van der Waals surface area contributed by atoms with Gasteiger partial charge in [0.25, 0.3) is 0 Å². The van der Waals surface area contributed by atoms with E-state index in [2.05, 4.69) is 157 Å². The van der Waals surface area contributed by atoms with Crippen molar-refractivity contribution in [3.63, 3.8) is 0 Å². The number of amides is 6. The monoisotopic (exact) mass is 2090 g/mol. The summed E-state index contributed by atoms with van der Waals surface area (Å²) in [5, 5.41) is 20.3. The van der Waals surface area contributed by atoms with Crippen LogP contribution in [0.5, 0.6) is 0 Å². The Kier molecular flexibility index (Phi) is 53.7. The minimum Gasteiger partial charge on any atom is -0.358 e. The summed E-state index contributed by atoms with van der Waals surface area (Å²) in [5.41, 5.74) is 13.4. The Morgan fingerprint density at radius 2 is 0.500 bits per heavy atom. The van der Waals surface area contributed by atoms with Gasteiger partial charge < -0.3 is 31.9 Å². The third-order valence-electron chi connectivity index (χ3n) is 19.0. The second-order valence-corrected chi connectivity index (χ2v) is 39.5. The second-order valence-electron chi connectivity index (χ2n) is 29.4. The van der Waals surface area contributed by atoms with E-state index in [4.69, 9.17) is 46.4 Å². The second kappa shape index (κ2) is 64.3. The van der Waals surface area contributed by atoms with Crippen LogP contribution in [0.4, 0.5) is 8.78 Å². The van der Waals surface area contributed by atoms with Gasteiger partial charge in [0.2, 0.25) is 35.4 Å². The average Bonchev–Trinajstić information content (AvgIpc) is 0.838. The average molecular weight is 2100 g/mol. The maximum absolute atomic E-state index is 13.1. The standard InChI is InChI=1S/C18H19Br2NOS.C18H19Cl2NOS.C18H19F2NOS.C18H21NOS.C18H19NOS.C16H15Cl2NOS/c3*1-2-11-21-17(22)12-23-18(13-3-7-15(19)8-4-13)14-5-9-16(20)10-6-14;2*1-2-13-19-17(20)14-21-18(15-9-5-3-6-10-15)16-11-7-4-8-12-16;1-19-15(20)10-21-16(11-4-2-6-13(17)8-11)12-5-3-7-14(18)9-12/h3*3-10,18H,2,11-12H2,1H3,(H,21,22);3-12,18H,2,13-14H2,1H3,(H,19,20);2-12,18H,1,13-14H2,(H,19,20);2-9,16H,10H2,1H3,(H,19,20). The van der Waals surface area contributed by atoms with Gasteiger partial charge in [-0.15, -0.1) is 77.2 Å². The predicted molar refractivity (Wildman–Crippen MR) is 569 cm³/mol. The highest BCUT2D eigenvalue weighted by molar-refractivity contribution is 9.10. The molecule has 132 heavy (non-hydrogen) atoms. The van der Waals surface area contributed by atoms with Crippen LogP contribution >= 0.6 is 149 Å². The van der Waals surface area contributed by atoms with E-state index in [9.17, 15) is 37.5 Å². The lowest BCUT2D eigenvalue weighted by atomic mass is 10.0. The van der Waals surface area contributed by atoms with E-state index in [-0.39, 0.29) is 78.6 Å². The lowest BCUT2D eigenvalue weighted by Crippen LogP contribution is -2.26. The summed E-state index contributed by atoms with van der Waals surface area (Å²) in [4.78, 5) is 70.8. The zero-order valence-electron chi connectivity index (χ0n) is 74.3. The molecule has 12 rings (SSSR count). The summed E-state index contributed by atoms with van der Waals surface area (Å²) in [6, 6.07) is 101. The topological polar surface area (TPSA) is 175 Å². The zero-order chi connectivity index (χ0) is 95.0. The Morgan fingerprint density at radius 3 is 0.735 bits per heavy atom. The van der Waals surface area contributed by atoms with Crippen LogP contribution in [0.3, 0.4) is 0 Å². The Morgan fingerprint density at radius 1 is 0.288 bits per heavy atom. The molecule has 0 fully saturated rings. The lowest BCUT2D eigenvalue weighted by molar-refractivity contribution is -0.119. The molecule has 12 nitrogen and oxygen atoms in total. The number of carbonyl (C=O) groups is 6. The molecule has 0 aliphatic rings. The van der Waals surface area contributed by atoms with Crippen molar-refractivity contribution in [2.24, 2.45) is 0 Å². The van der Waals surface area contributed by atoms with Gasteiger partial charge in [-0.1, -0.05) is 330 Å². The van der Waals surface area contributed by atoms with E-state index >= 15 is 0 Å². The van der Waals surface area contributed by atoms with Gasteiger partial charge in [-0.2, -0.15) is 0 Å². The van der Waals surface area contributed by atoms with Crippen LogP contribution in [0, 0.1) is 11.6 Å². The quantitative estimate of drug-likeness (QED) is 0.0201. The van der Waals surface area contributed by atoms with Crippen molar-refractivity contribution in [3.05, 3.63) is 436 Å². The molecule has 0 atom stereocenters. The van der Waals surface area contributed by atoms with Gasteiger partial charge in [0.05, 0.1) is 66.0 Å². The maximum Gasteiger partial charge on any atom is 0.230 e. The number of hydrogen-bond acceptors (Lipinski definition) is 12. The molecule has 0 saturated heterocycles. The minimum absolute atomic E-state index is 0.00550. The van der Waals surface area contributed by atoms with Crippen LogP contribution in [-0.4, -0.2) is 110 Å². The number of hydrogen-bond donors (Lipinski definition) is 6. The highest BCUT2D eigenvalue weighted by atomic mass is 79.9. The molecule has 694 valence electrons. The highest BCUT2D eigenvalue weighted by Crippen LogP contribution is 2.42. The first-order chi connectivity index (χ1) is 64.0. The SMILES string of the molecule is C=CCNC(=O)CSC(c1ccccc1)c1ccccc1.CCCNC(=O)CSC(c1ccc(Br)cc1)c1ccc(Br)cc1.CCCNC(=O)CSC(c1ccc(Cl)cc1)c1ccc(Cl)cc1.CCCNC(=O)CSC(c1ccc(F)cc1)c1ccc(F)cc1.CCCNC(=O)CSC(c1ccccc1)c1ccccc1.CNC(=O)CSC(c1cccc(Cl)c1)c1cccc(Cl)c1. The van der Waals surface area contributed by atoms with Gasteiger partial charge in [-0.25, -0.2) is 8.78 Å². The van der Waals surface area contributed by atoms with Gasteiger partial charge >= 0.3 is 0 Å². The zero-order valence-corrected chi connectivity index (χ0v) is 85.4. The Balaban J connectivity index is 0.000000217. The summed E-state index contributed by atoms with van der Waals surface area (Å²) >= 11 is 40.6. The van der Waals surface area contributed by atoms with Crippen molar-refractivity contribution in [1.82, 2.24) is 31.9 Å². The Hall–Kier alpha value is -8.72. The first kappa shape index (κ1) is 110. The summed E-state index contributed by atoms with van der Waals surface area (Å²) in [6.07, 6.45) is 5.44. The summed E-state index contributed by atoms with van der Waals surface area (Å²) in [6.45, 7) is 15.1. The molecule has 0 aliphatic heterocycles. The highest BCUT2D eigenvalue weighted by Gasteiger charge is 2.24. The van der Waals surface area contributed by atoms with Crippen LogP contribution in [0.15, 0.2) is 337 Å². The molecule has 0 radical (unpaired) electrons. The molecule has 0 unspecified atom stereocenters. The molecule has 0 bridgehead atoms. The summed E-state index contributed by atoms with van der Waals surface area (Å²) < 4.78 is 28.4. The Labute approximate surface area is 840 Å². The number of halogens is 8. The number of thioether (sulfide) groups is 6. The van der Waals surface area contributed by atoms with E-state index in [1.54, 1.807) is 96.2 Å². The molecule has 6 amide bonds. The van der Waals surface area contributed by atoms with Gasteiger partial charge in [0.15, 0.2) is 0 Å². The molecular formula is C106H112Br2Cl4F2N6O6S6. The summed E-state index contributed by atoms with van der Waals surface area (Å²) in [7, 11) is 1.64. The fourth-order valence-corrected chi connectivity index (χ4v) is 20.4. The molecule has 0 aromatic heterocycles. The minimum atomic E-state index is -0.308. The number of nitrogens with one attached hydrogen (secondary N) is 6. The largest absolute Gasteiger partial charge is 0.358 e. The van der Waals surface area contributed by atoms with E-state index < -0.39 is 0 Å². The van der Waals surface area contributed by atoms with Crippen molar-refractivity contribution in [3.8, 4) is 0 Å². The van der Waals surface area contributed by atoms with E-state index in [1.165, 1.54) is 69.4 Å². The van der Waals surface area contributed by atoms with Gasteiger partial charge in [-0.05, 0) is 190 Å². The van der Waals surface area contributed by atoms with Crippen molar-refractivity contribution >= 4 is 184 Å². The van der Waals surface area contributed by atoms with E-state index in [0.717, 1.165) is 81.1 Å². The molecule has 6 N–H and O–H groups in total. The first-order valence-corrected chi connectivity index (χ1v) is 52.5. The van der Waals surface area contributed by atoms with Crippen LogP contribution in [0.25, 0.3) is 0 Å². The Bertz CT molecular complexity index is 4830. The lowest BCUT2D eigenvalue weighted by Gasteiger charge is -2.18. The van der Waals surface area contributed by atoms with Crippen LogP contribution in [0.1, 0.15) is 152 Å². The van der Waals surface area contributed by atoms with Crippen molar-refractivity contribution < 1.29 is 37.5 Å². The molecule has 0 saturated carbocycles. The fraction of sp³-hybridized carbons (Fsp3) is 0.245. The molecule has 12 aromatic rings. The first-order valence-electron chi connectivity index (χ1n) is 43.1. The molecular weight excluding hydrogens is 1990 g/mol. The molecule has 0 heterocycles. The maximum atomic E-state index is 13.1. The van der Waals surface area contributed by atoms with Gasteiger partial charge in [0, 0.05) is 68.8 Å². The number of benzene rings is 12. The van der Waals surface area contributed by atoms with Crippen molar-refractivity contribution in [1.29, 1.82) is 0 Å². The van der Waals surface area contributed by atoms with Crippen LogP contribution in [0.2, 0.25) is 20.1 Å². The molecule has 0 spiro atoms. The van der Waals surface area contributed by atoms with E-state index in [1.807, 2.05) is 208 Å². The number of carbonyl (C=O) groups excluding carboxylic acids is 6. The third-order valence-corrected chi connectivity index (χ3v) is 28.9. The van der Waals surface area contributed by atoms with Gasteiger partial charge in [0.1, 0.15) is 11.6 Å². The summed E-state index contributed by atoms with van der Waals surface area (Å²) in [5.74, 6) is 2.09. The smallest absolute Gasteiger partial charge is 0.230 e. The van der Waals surface area contributed by atoms with Crippen molar-refractivity contribution in [2.75, 3.05) is 74.3 Å². The molecule has 26 heteroatoms. The van der Waals surface area contributed by atoms with Gasteiger partial charge in [-0.3, -0.25) is 28.8 Å².